The summed E-state index contributed by atoms with van der Waals surface area (Å²) in [6.07, 6.45) is -9.38. The number of amides is 1. The van der Waals surface area contributed by atoms with Crippen LogP contribution in [0.4, 0.5) is 26.3 Å². The van der Waals surface area contributed by atoms with Crippen molar-refractivity contribution in [3.8, 4) is 11.4 Å². The van der Waals surface area contributed by atoms with Crippen LogP contribution < -0.4 is 10.9 Å². The van der Waals surface area contributed by atoms with Gasteiger partial charge in [0.15, 0.2) is 5.82 Å². The first kappa shape index (κ1) is 24.0. The highest BCUT2D eigenvalue weighted by molar-refractivity contribution is 5.76. The van der Waals surface area contributed by atoms with E-state index in [-0.39, 0.29) is 42.0 Å². The molecular formula is C21H16F6N4O2. The van der Waals surface area contributed by atoms with Gasteiger partial charge in [-0.1, -0.05) is 24.3 Å². The molecule has 1 amide bonds. The maximum atomic E-state index is 12.9. The zero-order chi connectivity index (χ0) is 24.2. The summed E-state index contributed by atoms with van der Waals surface area (Å²) >= 11 is 0. The first-order valence-electron chi connectivity index (χ1n) is 9.50. The van der Waals surface area contributed by atoms with Crippen LogP contribution in [0.25, 0.3) is 11.4 Å². The number of nitrogens with zero attached hydrogens (tertiary/aromatic N) is 2. The Balaban J connectivity index is 1.60. The Bertz CT molecular complexity index is 1200. The van der Waals surface area contributed by atoms with Crippen LogP contribution in [-0.4, -0.2) is 21.1 Å². The largest absolute Gasteiger partial charge is 0.416 e. The molecule has 0 aliphatic rings. The van der Waals surface area contributed by atoms with Gasteiger partial charge >= 0.3 is 12.4 Å². The van der Waals surface area contributed by atoms with Gasteiger partial charge in [-0.25, -0.2) is 0 Å². The average Bonchev–Trinajstić information content (AvgIpc) is 2.76. The molecule has 0 fully saturated rings. The maximum Gasteiger partial charge on any atom is 0.416 e. The molecule has 33 heavy (non-hydrogen) atoms. The number of aryl methyl sites for hydroxylation is 1. The molecule has 6 nitrogen and oxygen atoms in total. The SMILES string of the molecule is O=C(CCc1nnc(-c2cccc(C(F)(F)F)c2)[nH]c1=O)NCc1cccc(C(F)(F)F)c1. The highest BCUT2D eigenvalue weighted by Gasteiger charge is 2.31. The zero-order valence-corrected chi connectivity index (χ0v) is 16.7. The Kier molecular flexibility index (Phi) is 6.84. The van der Waals surface area contributed by atoms with E-state index in [4.69, 9.17) is 0 Å². The molecule has 0 aliphatic heterocycles. The Hall–Kier alpha value is -3.70. The molecule has 2 N–H and O–H groups in total. The average molecular weight is 470 g/mol. The third-order valence-electron chi connectivity index (χ3n) is 4.56. The van der Waals surface area contributed by atoms with Gasteiger partial charge in [0.05, 0.1) is 11.1 Å². The van der Waals surface area contributed by atoms with Crippen LogP contribution >= 0.6 is 0 Å². The van der Waals surface area contributed by atoms with Gasteiger partial charge in [0, 0.05) is 24.9 Å². The fourth-order valence-corrected chi connectivity index (χ4v) is 2.88. The number of aromatic amines is 1. The van der Waals surface area contributed by atoms with Crippen LogP contribution in [0, 0.1) is 0 Å². The molecule has 0 radical (unpaired) electrons. The standard InChI is InChI=1S/C21H16F6N4O2/c22-20(23,24)14-5-1-3-12(9-14)11-28-17(32)8-7-16-19(33)29-18(31-30-16)13-4-2-6-15(10-13)21(25,26)27/h1-6,9-10H,7-8,11H2,(H,28,32)(H,29,31,33). The second-order valence-corrected chi connectivity index (χ2v) is 7.00. The number of hydrogen-bond acceptors (Lipinski definition) is 4. The second-order valence-electron chi connectivity index (χ2n) is 7.00. The molecule has 0 unspecified atom stereocenters. The van der Waals surface area contributed by atoms with Crippen LogP contribution in [0.15, 0.2) is 53.3 Å². The molecule has 0 saturated carbocycles. The predicted molar refractivity (Wildman–Crippen MR) is 105 cm³/mol. The van der Waals surface area contributed by atoms with Crippen molar-refractivity contribution in [3.05, 3.63) is 81.3 Å². The molecule has 12 heteroatoms. The minimum absolute atomic E-state index is 0.0137. The van der Waals surface area contributed by atoms with Crippen LogP contribution in [-0.2, 0) is 30.1 Å². The van der Waals surface area contributed by atoms with Crippen molar-refractivity contribution in [2.45, 2.75) is 31.7 Å². The van der Waals surface area contributed by atoms with Gasteiger partial charge in [0.2, 0.25) is 5.91 Å². The van der Waals surface area contributed by atoms with E-state index in [2.05, 4.69) is 20.5 Å². The van der Waals surface area contributed by atoms with Gasteiger partial charge in [-0.15, -0.1) is 10.2 Å². The van der Waals surface area contributed by atoms with Gasteiger partial charge in [0.1, 0.15) is 5.69 Å². The van der Waals surface area contributed by atoms with Gasteiger partial charge in [0.25, 0.3) is 5.56 Å². The van der Waals surface area contributed by atoms with Crippen LogP contribution in [0.2, 0.25) is 0 Å². The third-order valence-corrected chi connectivity index (χ3v) is 4.56. The number of alkyl halides is 6. The number of rotatable bonds is 6. The predicted octanol–water partition coefficient (Wildman–Crippen LogP) is 4.12. The highest BCUT2D eigenvalue weighted by atomic mass is 19.4. The van der Waals surface area contributed by atoms with E-state index in [1.165, 1.54) is 24.3 Å². The molecule has 174 valence electrons. The summed E-state index contributed by atoms with van der Waals surface area (Å²) in [5.74, 6) is -0.695. The van der Waals surface area contributed by atoms with E-state index >= 15 is 0 Å². The zero-order valence-electron chi connectivity index (χ0n) is 16.7. The number of H-pyrrole nitrogens is 1. The molecule has 1 heterocycles. The number of benzene rings is 2. The van der Waals surface area contributed by atoms with Crippen molar-refractivity contribution in [2.75, 3.05) is 0 Å². The monoisotopic (exact) mass is 470 g/mol. The Morgan fingerprint density at radius 3 is 2.18 bits per heavy atom. The highest BCUT2D eigenvalue weighted by Crippen LogP contribution is 2.31. The lowest BCUT2D eigenvalue weighted by atomic mass is 10.1. The summed E-state index contributed by atoms with van der Waals surface area (Å²) in [4.78, 5) is 26.5. The number of hydrogen-bond donors (Lipinski definition) is 2. The van der Waals surface area contributed by atoms with Crippen molar-refractivity contribution in [1.29, 1.82) is 0 Å². The molecule has 0 aliphatic carbocycles. The number of carbonyl (C=O) groups is 1. The molecule has 2 aromatic carbocycles. The van der Waals surface area contributed by atoms with E-state index in [1.54, 1.807) is 0 Å². The summed E-state index contributed by atoms with van der Waals surface area (Å²) in [5.41, 5.74) is -2.31. The fraction of sp³-hybridized carbons (Fsp3) is 0.238. The van der Waals surface area contributed by atoms with Crippen LogP contribution in [0.5, 0.6) is 0 Å². The number of aromatic nitrogens is 3. The quantitative estimate of drug-likeness (QED) is 0.531. The third kappa shape index (κ3) is 6.40. The molecule has 3 aromatic rings. The van der Waals surface area contributed by atoms with Crippen molar-refractivity contribution in [1.82, 2.24) is 20.5 Å². The first-order chi connectivity index (χ1) is 15.4. The number of carbonyl (C=O) groups excluding carboxylic acids is 1. The normalized spacial score (nSPS) is 11.9. The lowest BCUT2D eigenvalue weighted by molar-refractivity contribution is -0.138. The molecule has 0 saturated heterocycles. The topological polar surface area (TPSA) is 87.7 Å². The fourth-order valence-electron chi connectivity index (χ4n) is 2.88. The van der Waals surface area contributed by atoms with Crippen LogP contribution in [0.1, 0.15) is 28.8 Å². The summed E-state index contributed by atoms with van der Waals surface area (Å²) in [6.45, 7) is -0.140. The minimum atomic E-state index is -4.56. The second kappa shape index (κ2) is 9.43. The summed E-state index contributed by atoms with van der Waals surface area (Å²) in [5, 5.41) is 9.87. The van der Waals surface area contributed by atoms with E-state index in [0.717, 1.165) is 24.3 Å². The van der Waals surface area contributed by atoms with Crippen LogP contribution in [0.3, 0.4) is 0 Å². The molecule has 0 atom stereocenters. The number of halogens is 6. The Morgan fingerprint density at radius 2 is 1.55 bits per heavy atom. The molecular weight excluding hydrogens is 454 g/mol. The minimum Gasteiger partial charge on any atom is -0.352 e. The molecule has 3 rings (SSSR count). The van der Waals surface area contributed by atoms with E-state index in [1.807, 2.05) is 0 Å². The Labute approximate surface area is 182 Å². The summed E-state index contributed by atoms with van der Waals surface area (Å²) < 4.78 is 76.8. The van der Waals surface area contributed by atoms with Crippen molar-refractivity contribution in [2.24, 2.45) is 0 Å². The van der Waals surface area contributed by atoms with Crippen molar-refractivity contribution >= 4 is 5.91 Å². The molecule has 0 spiro atoms. The summed E-state index contributed by atoms with van der Waals surface area (Å²) in [6, 6.07) is 8.69. The van der Waals surface area contributed by atoms with E-state index < -0.39 is 34.9 Å². The molecule has 0 bridgehead atoms. The van der Waals surface area contributed by atoms with Crippen molar-refractivity contribution < 1.29 is 31.1 Å². The maximum absolute atomic E-state index is 12.9. The number of nitrogens with one attached hydrogen (secondary N) is 2. The van der Waals surface area contributed by atoms with Gasteiger partial charge in [-0.3, -0.25) is 9.59 Å². The van der Waals surface area contributed by atoms with Gasteiger partial charge < -0.3 is 10.3 Å². The van der Waals surface area contributed by atoms with Gasteiger partial charge in [-0.05, 0) is 29.8 Å². The van der Waals surface area contributed by atoms with E-state index in [9.17, 15) is 35.9 Å². The molecule has 1 aromatic heterocycles. The lowest BCUT2D eigenvalue weighted by Gasteiger charge is -2.10. The smallest absolute Gasteiger partial charge is 0.352 e. The summed E-state index contributed by atoms with van der Waals surface area (Å²) in [7, 11) is 0. The van der Waals surface area contributed by atoms with Gasteiger partial charge in [-0.2, -0.15) is 26.3 Å². The lowest BCUT2D eigenvalue weighted by Crippen LogP contribution is -2.25. The van der Waals surface area contributed by atoms with Crippen molar-refractivity contribution in [3.63, 3.8) is 0 Å². The Morgan fingerprint density at radius 1 is 0.909 bits per heavy atom. The van der Waals surface area contributed by atoms with E-state index in [0.29, 0.717) is 0 Å². The first-order valence-corrected chi connectivity index (χ1v) is 9.50.